The maximum absolute atomic E-state index is 12.1. The summed E-state index contributed by atoms with van der Waals surface area (Å²) in [6, 6.07) is 0. The molecule has 0 atom stereocenters. The van der Waals surface area contributed by atoms with Crippen molar-refractivity contribution in [3.8, 4) is 0 Å². The van der Waals surface area contributed by atoms with E-state index in [1.54, 1.807) is 32.4 Å². The van der Waals surface area contributed by atoms with Gasteiger partial charge in [-0.15, -0.1) is 0 Å². The first kappa shape index (κ1) is 17.1. The molecule has 0 saturated carbocycles. The van der Waals surface area contributed by atoms with Crippen LogP contribution in [0.2, 0.25) is 0 Å². The fraction of sp³-hybridized carbons (Fsp3) is 0.714. The predicted molar refractivity (Wildman–Crippen MR) is 75.3 cm³/mol. The van der Waals surface area contributed by atoms with Crippen LogP contribution in [-0.4, -0.2) is 38.9 Å². The molecular formula is C14H23N3O4. The van der Waals surface area contributed by atoms with E-state index >= 15 is 0 Å². The van der Waals surface area contributed by atoms with Crippen LogP contribution in [0.1, 0.15) is 40.4 Å². The number of aryl methyl sites for hydroxylation is 1. The molecule has 0 spiro atoms. The highest BCUT2D eigenvalue weighted by molar-refractivity contribution is 5.95. The summed E-state index contributed by atoms with van der Waals surface area (Å²) >= 11 is 0. The van der Waals surface area contributed by atoms with Crippen LogP contribution in [0.25, 0.3) is 0 Å². The maximum atomic E-state index is 12.1. The number of ether oxygens (including phenoxy) is 2. The minimum absolute atomic E-state index is 0.116. The molecule has 0 fully saturated rings. The predicted octanol–water partition coefficient (Wildman–Crippen LogP) is 1.36. The molecule has 0 aromatic carbocycles. The van der Waals surface area contributed by atoms with E-state index in [1.165, 1.54) is 6.33 Å². The van der Waals surface area contributed by atoms with Crippen molar-refractivity contribution >= 4 is 11.9 Å². The first-order chi connectivity index (χ1) is 9.85. The fourth-order valence-corrected chi connectivity index (χ4v) is 1.78. The number of hydrogen-bond acceptors (Lipinski definition) is 6. The van der Waals surface area contributed by atoms with Crippen LogP contribution in [0.3, 0.4) is 0 Å². The lowest BCUT2D eigenvalue weighted by atomic mass is 10.1. The van der Waals surface area contributed by atoms with Crippen LogP contribution >= 0.6 is 0 Å². The number of aromatic nitrogens is 3. The Hall–Kier alpha value is -1.92. The number of carbonyl (C=O) groups excluding carboxylic acids is 2. The molecule has 1 aromatic rings. The lowest BCUT2D eigenvalue weighted by Crippen LogP contribution is -2.33. The number of hydrogen-bond donors (Lipinski definition) is 0. The molecule has 1 aromatic heterocycles. The highest BCUT2D eigenvalue weighted by Gasteiger charge is 2.32. The summed E-state index contributed by atoms with van der Waals surface area (Å²) in [5.41, 5.74) is 0. The second-order valence-electron chi connectivity index (χ2n) is 5.22. The van der Waals surface area contributed by atoms with E-state index in [4.69, 9.17) is 9.47 Å². The van der Waals surface area contributed by atoms with Gasteiger partial charge in [0.05, 0.1) is 12.2 Å². The highest BCUT2D eigenvalue weighted by atomic mass is 16.6. The van der Waals surface area contributed by atoms with Gasteiger partial charge in [0.1, 0.15) is 12.2 Å². The molecule has 0 unspecified atom stereocenters. The molecule has 0 saturated heterocycles. The monoisotopic (exact) mass is 297 g/mol. The van der Waals surface area contributed by atoms with Gasteiger partial charge in [0.25, 0.3) is 0 Å². The summed E-state index contributed by atoms with van der Waals surface area (Å²) in [5.74, 6) is -1.66. The Bertz CT molecular complexity index is 460. The van der Waals surface area contributed by atoms with E-state index in [0.717, 1.165) is 0 Å². The van der Waals surface area contributed by atoms with Gasteiger partial charge in [0.2, 0.25) is 0 Å². The Balaban J connectivity index is 2.90. The molecule has 7 nitrogen and oxygen atoms in total. The summed E-state index contributed by atoms with van der Waals surface area (Å²) in [6.45, 7) is 9.45. The van der Waals surface area contributed by atoms with E-state index in [1.807, 2.05) is 6.92 Å². The lowest BCUT2D eigenvalue weighted by Gasteiger charge is -2.18. The van der Waals surface area contributed by atoms with Gasteiger partial charge in [0.15, 0.2) is 5.92 Å². The molecule has 118 valence electrons. The van der Waals surface area contributed by atoms with Gasteiger partial charge in [-0.25, -0.2) is 4.98 Å². The van der Waals surface area contributed by atoms with Crippen LogP contribution in [0.15, 0.2) is 6.33 Å². The van der Waals surface area contributed by atoms with Gasteiger partial charge in [-0.2, -0.15) is 5.10 Å². The van der Waals surface area contributed by atoms with Crippen molar-refractivity contribution in [1.29, 1.82) is 0 Å². The third kappa shape index (κ3) is 5.17. The zero-order valence-corrected chi connectivity index (χ0v) is 13.2. The first-order valence-corrected chi connectivity index (χ1v) is 7.12. The van der Waals surface area contributed by atoms with Gasteiger partial charge in [-0.3, -0.25) is 14.3 Å². The zero-order chi connectivity index (χ0) is 16.0. The van der Waals surface area contributed by atoms with E-state index in [0.29, 0.717) is 12.4 Å². The third-order valence-corrected chi connectivity index (χ3v) is 2.65. The molecule has 0 radical (unpaired) electrons. The normalized spacial score (nSPS) is 11.2. The third-order valence-electron chi connectivity index (χ3n) is 2.65. The summed E-state index contributed by atoms with van der Waals surface area (Å²) in [7, 11) is 0. The van der Waals surface area contributed by atoms with E-state index in [9.17, 15) is 9.59 Å². The Labute approximate surface area is 124 Å². The van der Waals surface area contributed by atoms with Gasteiger partial charge >= 0.3 is 11.9 Å². The quantitative estimate of drug-likeness (QED) is 0.558. The van der Waals surface area contributed by atoms with E-state index in [2.05, 4.69) is 10.1 Å². The topological polar surface area (TPSA) is 83.3 Å². The molecule has 0 aliphatic heterocycles. The van der Waals surface area contributed by atoms with Crippen molar-refractivity contribution in [2.24, 2.45) is 5.92 Å². The number of carbonyl (C=O) groups is 2. The zero-order valence-electron chi connectivity index (χ0n) is 13.2. The smallest absolute Gasteiger partial charge is 0.321 e. The Kier molecular flexibility index (Phi) is 6.33. The average molecular weight is 297 g/mol. The summed E-state index contributed by atoms with van der Waals surface area (Å²) in [6.07, 6.45) is 0.925. The van der Waals surface area contributed by atoms with Gasteiger partial charge in [-0.05, 0) is 34.6 Å². The lowest BCUT2D eigenvalue weighted by molar-refractivity contribution is -0.166. The van der Waals surface area contributed by atoms with E-state index < -0.39 is 17.9 Å². The number of rotatable bonds is 7. The SMILES string of the molecule is CCn1ncnc1CC(C(=O)OC(C)C)C(=O)OC(C)C. The largest absolute Gasteiger partial charge is 0.462 e. The second kappa shape index (κ2) is 7.75. The molecule has 21 heavy (non-hydrogen) atoms. The Morgan fingerprint density at radius 2 is 1.67 bits per heavy atom. The first-order valence-electron chi connectivity index (χ1n) is 7.12. The minimum atomic E-state index is -1.02. The summed E-state index contributed by atoms with van der Waals surface area (Å²) < 4.78 is 11.9. The summed E-state index contributed by atoms with van der Waals surface area (Å²) in [4.78, 5) is 28.3. The standard InChI is InChI=1S/C14H23N3O4/c1-6-17-12(15-8-16-17)7-11(13(18)20-9(2)3)14(19)21-10(4)5/h8-11H,6-7H2,1-5H3. The highest BCUT2D eigenvalue weighted by Crippen LogP contribution is 2.13. The Morgan fingerprint density at radius 3 is 2.10 bits per heavy atom. The molecule has 1 rings (SSSR count). The average Bonchev–Trinajstić information content (AvgIpc) is 2.80. The molecule has 0 aliphatic carbocycles. The molecule has 0 N–H and O–H groups in total. The molecular weight excluding hydrogens is 274 g/mol. The van der Waals surface area contributed by atoms with Crippen LogP contribution < -0.4 is 0 Å². The van der Waals surface area contributed by atoms with Crippen molar-refractivity contribution in [1.82, 2.24) is 14.8 Å². The van der Waals surface area contributed by atoms with Crippen molar-refractivity contribution in [3.63, 3.8) is 0 Å². The molecule has 0 amide bonds. The summed E-state index contributed by atoms with van der Waals surface area (Å²) in [5, 5.41) is 4.03. The van der Waals surface area contributed by atoms with Crippen molar-refractivity contribution in [2.75, 3.05) is 0 Å². The van der Waals surface area contributed by atoms with Crippen LogP contribution in [-0.2, 0) is 32.0 Å². The number of esters is 2. The number of nitrogens with zero attached hydrogens (tertiary/aromatic N) is 3. The molecule has 7 heteroatoms. The minimum Gasteiger partial charge on any atom is -0.462 e. The maximum Gasteiger partial charge on any atom is 0.321 e. The molecule has 0 aliphatic rings. The van der Waals surface area contributed by atoms with Crippen LogP contribution in [0.4, 0.5) is 0 Å². The molecule has 1 heterocycles. The van der Waals surface area contributed by atoms with Gasteiger partial charge in [-0.1, -0.05) is 0 Å². The van der Waals surface area contributed by atoms with Gasteiger partial charge in [0, 0.05) is 13.0 Å². The van der Waals surface area contributed by atoms with Crippen LogP contribution in [0.5, 0.6) is 0 Å². The fourth-order valence-electron chi connectivity index (χ4n) is 1.78. The van der Waals surface area contributed by atoms with Crippen molar-refractivity contribution in [3.05, 3.63) is 12.2 Å². The van der Waals surface area contributed by atoms with Crippen LogP contribution in [0, 0.1) is 5.92 Å². The Morgan fingerprint density at radius 1 is 1.14 bits per heavy atom. The van der Waals surface area contributed by atoms with Crippen molar-refractivity contribution in [2.45, 2.75) is 59.8 Å². The molecule has 0 bridgehead atoms. The van der Waals surface area contributed by atoms with E-state index in [-0.39, 0.29) is 18.6 Å². The second-order valence-corrected chi connectivity index (χ2v) is 5.22. The van der Waals surface area contributed by atoms with Crippen molar-refractivity contribution < 1.29 is 19.1 Å². The van der Waals surface area contributed by atoms with Gasteiger partial charge < -0.3 is 9.47 Å².